The number of nitrogens with one attached hydrogen (secondary N) is 1. The van der Waals surface area contributed by atoms with Gasteiger partial charge in [-0.05, 0) is 57.2 Å². The van der Waals surface area contributed by atoms with Crippen molar-refractivity contribution < 1.29 is 45.2 Å². The molecule has 1 aliphatic heterocycles. The minimum Gasteiger partial charge on any atom is -0.484 e. The van der Waals surface area contributed by atoms with Gasteiger partial charge in [0.05, 0.1) is 4.90 Å². The summed E-state index contributed by atoms with van der Waals surface area (Å²) in [6.07, 6.45) is 0. The molecule has 2 amide bonds. The van der Waals surface area contributed by atoms with Gasteiger partial charge in [-0.1, -0.05) is 53.6 Å². The highest BCUT2D eigenvalue weighted by Crippen LogP contribution is 2.40. The third-order valence-electron chi connectivity index (χ3n) is 6.33. The van der Waals surface area contributed by atoms with Crippen LogP contribution in [0.25, 0.3) is 0 Å². The molecule has 0 aromatic heterocycles. The number of carboxylic acids is 1. The zero-order chi connectivity index (χ0) is 32.2. The van der Waals surface area contributed by atoms with Crippen molar-refractivity contribution in [2.45, 2.75) is 42.0 Å². The van der Waals surface area contributed by atoms with E-state index < -0.39 is 66.2 Å². The number of carboxylic acid groups (broad SMARTS) is 1. The van der Waals surface area contributed by atoms with Crippen LogP contribution in [-0.2, 0) is 37.6 Å². The molecular formula is C29H28N2O10S3. The van der Waals surface area contributed by atoms with Gasteiger partial charge in [-0.25, -0.2) is 13.2 Å². The van der Waals surface area contributed by atoms with Gasteiger partial charge in [0, 0.05) is 10.8 Å². The van der Waals surface area contributed by atoms with Gasteiger partial charge >= 0.3 is 16.1 Å². The van der Waals surface area contributed by atoms with E-state index in [0.29, 0.717) is 10.6 Å². The maximum Gasteiger partial charge on any atom is 0.356 e. The molecule has 0 radical (unpaired) electrons. The van der Waals surface area contributed by atoms with Gasteiger partial charge in [-0.2, -0.15) is 8.42 Å². The van der Waals surface area contributed by atoms with Gasteiger partial charge in [0.25, 0.3) is 11.8 Å². The molecule has 3 aromatic carbocycles. The van der Waals surface area contributed by atoms with Gasteiger partial charge in [-0.3, -0.25) is 14.5 Å². The summed E-state index contributed by atoms with van der Waals surface area (Å²) in [7, 11) is -8.52. The third-order valence-corrected chi connectivity index (χ3v) is 11.4. The molecule has 4 rings (SSSR count). The Hall–Kier alpha value is -4.34. The lowest BCUT2D eigenvalue weighted by atomic mass is 10.1. The lowest BCUT2D eigenvalue weighted by Crippen LogP contribution is -2.70. The van der Waals surface area contributed by atoms with E-state index in [1.165, 1.54) is 36.4 Å². The van der Waals surface area contributed by atoms with Crippen LogP contribution in [-0.4, -0.2) is 62.6 Å². The second-order valence-electron chi connectivity index (χ2n) is 9.67. The smallest absolute Gasteiger partial charge is 0.356 e. The first-order valence-corrected chi connectivity index (χ1v) is 17.2. The lowest BCUT2D eigenvalue weighted by molar-refractivity contribution is -0.151. The summed E-state index contributed by atoms with van der Waals surface area (Å²) < 4.78 is 62.9. The molecule has 1 fully saturated rings. The standard InChI is InChI=1S/C29H28N2O10S3/c1-18-9-13-22(14-10-18)43(36,37)41-20(3)26(29(34)35)31-27(33)25(30-24(32)17-40-21-7-5-4-6-8-21)28(31)42-44(38,39)23-15-11-19(2)12-16-23/h4-16,25,28H,17H2,1-3H3,(H,30,32)(H,34,35)/b26-20+. The summed E-state index contributed by atoms with van der Waals surface area (Å²) in [5.74, 6) is -3.85. The molecule has 1 aliphatic rings. The van der Waals surface area contributed by atoms with Crippen molar-refractivity contribution in [3.63, 3.8) is 0 Å². The number of para-hydroxylation sites is 1. The monoisotopic (exact) mass is 660 g/mol. The minimum absolute atomic E-state index is 0.124. The summed E-state index contributed by atoms with van der Waals surface area (Å²) >= 11 is 0. The first kappa shape index (κ1) is 32.6. The fraction of sp³-hybridized carbons (Fsp3) is 0.207. The first-order valence-electron chi connectivity index (χ1n) is 12.9. The van der Waals surface area contributed by atoms with E-state index in [-0.39, 0.29) is 20.6 Å². The van der Waals surface area contributed by atoms with Crippen LogP contribution in [0.3, 0.4) is 0 Å². The molecule has 1 heterocycles. The Kier molecular flexibility index (Phi) is 9.71. The number of amides is 2. The van der Waals surface area contributed by atoms with Crippen molar-refractivity contribution in [1.82, 2.24) is 10.2 Å². The second-order valence-corrected chi connectivity index (χ2v) is 15.2. The molecule has 0 spiro atoms. The first-order chi connectivity index (χ1) is 20.7. The molecule has 3 aromatic rings. The number of carbonyl (C=O) groups is 3. The molecular weight excluding hydrogens is 633 g/mol. The molecule has 15 heteroatoms. The Morgan fingerprint density at radius 3 is 1.98 bits per heavy atom. The number of hydrogen-bond donors (Lipinski definition) is 2. The highest BCUT2D eigenvalue weighted by atomic mass is 33.1. The molecule has 232 valence electrons. The number of β-lactam (4-membered cyclic amide) rings is 1. The molecule has 2 unspecified atom stereocenters. The van der Waals surface area contributed by atoms with Gasteiger partial charge in [0.2, 0.25) is 8.87 Å². The molecule has 0 bridgehead atoms. The second kappa shape index (κ2) is 13.1. The van der Waals surface area contributed by atoms with Crippen LogP contribution in [0.4, 0.5) is 0 Å². The summed E-state index contributed by atoms with van der Waals surface area (Å²) in [6, 6.07) is 18.2. The Morgan fingerprint density at radius 2 is 1.43 bits per heavy atom. The molecule has 12 nitrogen and oxygen atoms in total. The zero-order valence-electron chi connectivity index (χ0n) is 23.7. The van der Waals surface area contributed by atoms with Crippen LogP contribution >= 0.6 is 10.8 Å². The Labute approximate surface area is 258 Å². The maximum atomic E-state index is 13.3. The number of benzene rings is 3. The van der Waals surface area contributed by atoms with Gasteiger partial charge in [-0.15, -0.1) is 0 Å². The molecule has 0 aliphatic carbocycles. The number of rotatable bonds is 12. The highest BCUT2D eigenvalue weighted by molar-refractivity contribution is 8.72. The minimum atomic E-state index is -4.53. The van der Waals surface area contributed by atoms with Crippen LogP contribution in [0, 0.1) is 13.8 Å². The quantitative estimate of drug-likeness (QED) is 0.0960. The van der Waals surface area contributed by atoms with Crippen molar-refractivity contribution in [1.29, 1.82) is 0 Å². The summed E-state index contributed by atoms with van der Waals surface area (Å²) in [5, 5.41) is 10.9. The van der Waals surface area contributed by atoms with E-state index in [4.69, 9.17) is 8.92 Å². The van der Waals surface area contributed by atoms with E-state index in [1.807, 2.05) is 0 Å². The van der Waals surface area contributed by atoms with Crippen LogP contribution < -0.4 is 10.1 Å². The average molecular weight is 661 g/mol. The Balaban J connectivity index is 1.66. The summed E-state index contributed by atoms with van der Waals surface area (Å²) in [6.45, 7) is 4.01. The maximum absolute atomic E-state index is 13.3. The molecule has 0 saturated carbocycles. The van der Waals surface area contributed by atoms with E-state index in [1.54, 1.807) is 56.3 Å². The van der Waals surface area contributed by atoms with E-state index in [9.17, 15) is 36.3 Å². The molecule has 2 atom stereocenters. The fourth-order valence-corrected chi connectivity index (χ4v) is 8.53. The van der Waals surface area contributed by atoms with Gasteiger partial charge in [0.1, 0.15) is 27.8 Å². The number of aliphatic carboxylic acids is 1. The average Bonchev–Trinajstić information content (AvgIpc) is 2.97. The van der Waals surface area contributed by atoms with Crippen molar-refractivity contribution in [2.75, 3.05) is 6.61 Å². The van der Waals surface area contributed by atoms with Crippen LogP contribution in [0.1, 0.15) is 18.1 Å². The summed E-state index contributed by atoms with van der Waals surface area (Å²) in [5.41, 5.74) is 0.649. The Morgan fingerprint density at radius 1 is 0.886 bits per heavy atom. The molecule has 44 heavy (non-hydrogen) atoms. The zero-order valence-corrected chi connectivity index (χ0v) is 26.1. The molecule has 1 saturated heterocycles. The topological polar surface area (TPSA) is 173 Å². The van der Waals surface area contributed by atoms with Crippen LogP contribution in [0.15, 0.2) is 100 Å². The van der Waals surface area contributed by atoms with E-state index >= 15 is 0 Å². The highest BCUT2D eigenvalue weighted by Gasteiger charge is 2.54. The third kappa shape index (κ3) is 7.41. The number of ether oxygens (including phenoxy) is 1. The SMILES string of the molecule is C/C(OS(=O)(=O)c1ccc(C)cc1)=C(/C(=O)O)N1C(=O)C(NC(=O)COc2ccccc2)C1SS(=O)(=O)c1ccc(C)cc1. The number of carbonyl (C=O) groups excluding carboxylic acids is 2. The van der Waals surface area contributed by atoms with Crippen molar-refractivity contribution in [3.05, 3.63) is 101 Å². The number of allylic oxidation sites excluding steroid dienone is 1. The van der Waals surface area contributed by atoms with Crippen LogP contribution in [0.5, 0.6) is 5.75 Å². The number of nitrogens with zero attached hydrogens (tertiary/aromatic N) is 1. The van der Waals surface area contributed by atoms with Gasteiger partial charge < -0.3 is 19.3 Å². The normalized spacial score (nSPS) is 17.2. The predicted molar refractivity (Wildman–Crippen MR) is 160 cm³/mol. The number of aryl methyl sites for hydroxylation is 2. The van der Waals surface area contributed by atoms with Crippen molar-refractivity contribution in [2.24, 2.45) is 0 Å². The van der Waals surface area contributed by atoms with E-state index in [0.717, 1.165) is 18.1 Å². The van der Waals surface area contributed by atoms with Gasteiger partial charge in [0.15, 0.2) is 12.3 Å². The van der Waals surface area contributed by atoms with Crippen molar-refractivity contribution in [3.8, 4) is 5.75 Å². The molecule has 2 N–H and O–H groups in total. The Bertz CT molecular complexity index is 1810. The summed E-state index contributed by atoms with van der Waals surface area (Å²) in [4.78, 5) is 38.6. The lowest BCUT2D eigenvalue weighted by Gasteiger charge is -2.45. The predicted octanol–water partition coefficient (Wildman–Crippen LogP) is 3.18. The number of likely N-dealkylation sites (tertiary alicyclic amines) is 1. The number of hydrogen-bond acceptors (Lipinski definition) is 10. The van der Waals surface area contributed by atoms with Crippen molar-refractivity contribution >= 4 is 47.6 Å². The largest absolute Gasteiger partial charge is 0.484 e. The fourth-order valence-electron chi connectivity index (χ4n) is 4.08. The van der Waals surface area contributed by atoms with Crippen LogP contribution in [0.2, 0.25) is 0 Å². The van der Waals surface area contributed by atoms with E-state index in [2.05, 4.69) is 5.32 Å².